The molecule has 0 saturated carbocycles. The standard InChI is InChI=1S/C25H28N4O4S/c26-34(31,32)22-9-6-19(7-10-22)12-13-27-25(29-14-16-33-17-15-29)28-23-18-21(8-11-24(23)30)20-4-2-1-3-5-20/h1-11,18,30H,12-17H2,(H,27,28)(H2,26,31,32). The molecule has 1 fully saturated rings. The lowest BCUT2D eigenvalue weighted by atomic mass is 10.0. The number of anilines is 1. The van der Waals surface area contributed by atoms with Gasteiger partial charge >= 0.3 is 0 Å². The summed E-state index contributed by atoms with van der Waals surface area (Å²) < 4.78 is 28.4. The number of aliphatic imine (C=N–C) groups is 1. The van der Waals surface area contributed by atoms with E-state index >= 15 is 0 Å². The number of nitrogens with one attached hydrogen (secondary N) is 1. The van der Waals surface area contributed by atoms with Crippen LogP contribution in [0.2, 0.25) is 0 Å². The van der Waals surface area contributed by atoms with E-state index in [2.05, 4.69) is 10.2 Å². The summed E-state index contributed by atoms with van der Waals surface area (Å²) >= 11 is 0. The molecule has 0 aromatic heterocycles. The number of ether oxygens (including phenoxy) is 1. The molecular weight excluding hydrogens is 452 g/mol. The highest BCUT2D eigenvalue weighted by Gasteiger charge is 2.17. The van der Waals surface area contributed by atoms with Gasteiger partial charge in [0, 0.05) is 19.6 Å². The number of guanidine groups is 1. The molecule has 0 spiro atoms. The molecule has 4 rings (SSSR count). The van der Waals surface area contributed by atoms with Crippen molar-refractivity contribution in [2.45, 2.75) is 11.3 Å². The van der Waals surface area contributed by atoms with Crippen molar-refractivity contribution in [2.24, 2.45) is 10.1 Å². The number of morpholine rings is 1. The van der Waals surface area contributed by atoms with Gasteiger partial charge < -0.3 is 20.1 Å². The molecule has 0 bridgehead atoms. The number of aromatic hydroxyl groups is 1. The summed E-state index contributed by atoms with van der Waals surface area (Å²) in [4.78, 5) is 6.96. The topological polar surface area (TPSA) is 117 Å². The number of hydrogen-bond donors (Lipinski definition) is 3. The van der Waals surface area contributed by atoms with E-state index in [1.807, 2.05) is 42.5 Å². The number of phenols is 1. The highest BCUT2D eigenvalue weighted by Crippen LogP contribution is 2.30. The molecule has 0 radical (unpaired) electrons. The Kier molecular flexibility index (Phi) is 7.46. The van der Waals surface area contributed by atoms with E-state index in [0.717, 1.165) is 16.7 Å². The van der Waals surface area contributed by atoms with Gasteiger partial charge in [0.25, 0.3) is 0 Å². The zero-order chi connectivity index (χ0) is 24.0. The number of nitrogens with two attached hydrogens (primary N) is 1. The van der Waals surface area contributed by atoms with Gasteiger partial charge in [-0.2, -0.15) is 0 Å². The van der Waals surface area contributed by atoms with Gasteiger partial charge in [0.2, 0.25) is 10.0 Å². The van der Waals surface area contributed by atoms with E-state index in [4.69, 9.17) is 14.9 Å². The quantitative estimate of drug-likeness (QED) is 0.284. The predicted octanol–water partition coefficient (Wildman–Crippen LogP) is 3.05. The minimum absolute atomic E-state index is 0.0872. The van der Waals surface area contributed by atoms with Crippen LogP contribution < -0.4 is 10.5 Å². The monoisotopic (exact) mass is 480 g/mol. The zero-order valence-corrected chi connectivity index (χ0v) is 19.5. The van der Waals surface area contributed by atoms with E-state index in [-0.39, 0.29) is 10.6 Å². The number of primary sulfonamides is 1. The molecule has 1 heterocycles. The van der Waals surface area contributed by atoms with E-state index in [1.165, 1.54) is 12.1 Å². The van der Waals surface area contributed by atoms with Gasteiger partial charge in [-0.05, 0) is 47.4 Å². The van der Waals surface area contributed by atoms with Crippen molar-refractivity contribution in [3.63, 3.8) is 0 Å². The molecule has 3 aromatic rings. The van der Waals surface area contributed by atoms with Crippen LogP contribution in [0.15, 0.2) is 82.7 Å². The molecule has 3 aromatic carbocycles. The van der Waals surface area contributed by atoms with Crippen molar-refractivity contribution in [3.8, 4) is 16.9 Å². The van der Waals surface area contributed by atoms with E-state index in [1.54, 1.807) is 18.2 Å². The van der Waals surface area contributed by atoms with Gasteiger partial charge in [-0.25, -0.2) is 13.6 Å². The Hall–Kier alpha value is -3.40. The third-order valence-electron chi connectivity index (χ3n) is 5.57. The van der Waals surface area contributed by atoms with Gasteiger partial charge in [0.15, 0.2) is 5.96 Å². The van der Waals surface area contributed by atoms with Gasteiger partial charge in [-0.1, -0.05) is 48.5 Å². The molecule has 9 heteroatoms. The molecule has 0 aliphatic carbocycles. The fourth-order valence-corrected chi connectivity index (χ4v) is 4.21. The van der Waals surface area contributed by atoms with Gasteiger partial charge in [0.1, 0.15) is 5.75 Å². The molecule has 1 aliphatic heterocycles. The van der Waals surface area contributed by atoms with Crippen LogP contribution in [-0.4, -0.2) is 57.2 Å². The maximum atomic E-state index is 11.4. The predicted molar refractivity (Wildman–Crippen MR) is 133 cm³/mol. The van der Waals surface area contributed by atoms with Crippen LogP contribution in [0.3, 0.4) is 0 Å². The molecule has 34 heavy (non-hydrogen) atoms. The maximum absolute atomic E-state index is 11.4. The van der Waals surface area contributed by atoms with Crippen molar-refractivity contribution in [2.75, 3.05) is 38.2 Å². The highest BCUT2D eigenvalue weighted by atomic mass is 32.2. The lowest BCUT2D eigenvalue weighted by molar-refractivity contribution is 0.0679. The molecule has 178 valence electrons. The van der Waals surface area contributed by atoms with Crippen LogP contribution in [-0.2, 0) is 21.2 Å². The third kappa shape index (κ3) is 6.13. The summed E-state index contributed by atoms with van der Waals surface area (Å²) in [5.41, 5.74) is 3.56. The number of rotatable bonds is 6. The summed E-state index contributed by atoms with van der Waals surface area (Å²) in [6.07, 6.45) is 0.621. The van der Waals surface area contributed by atoms with E-state index < -0.39 is 10.0 Å². The normalized spacial score (nSPS) is 14.7. The molecular formula is C25H28N4O4S. The molecule has 8 nitrogen and oxygen atoms in total. The van der Waals surface area contributed by atoms with Crippen LogP contribution in [0.5, 0.6) is 5.75 Å². The van der Waals surface area contributed by atoms with Crippen molar-refractivity contribution >= 4 is 21.7 Å². The number of phenolic OH excluding ortho intramolecular Hbond substituents is 1. The van der Waals surface area contributed by atoms with Crippen LogP contribution in [0.4, 0.5) is 5.69 Å². The summed E-state index contributed by atoms with van der Waals surface area (Å²) in [6, 6.07) is 21.9. The Morgan fingerprint density at radius 3 is 2.38 bits per heavy atom. The lowest BCUT2D eigenvalue weighted by Gasteiger charge is -2.30. The summed E-state index contributed by atoms with van der Waals surface area (Å²) in [5, 5.41) is 19.0. The smallest absolute Gasteiger partial charge is 0.238 e. The minimum Gasteiger partial charge on any atom is -0.506 e. The molecule has 0 atom stereocenters. The first-order valence-corrected chi connectivity index (χ1v) is 12.6. The van der Waals surface area contributed by atoms with Crippen LogP contribution in [0.25, 0.3) is 11.1 Å². The summed E-state index contributed by atoms with van der Waals surface area (Å²) in [6.45, 7) is 3.06. The second-order valence-corrected chi connectivity index (χ2v) is 9.53. The second kappa shape index (κ2) is 10.7. The fraction of sp³-hybridized carbons (Fsp3) is 0.240. The van der Waals surface area contributed by atoms with Crippen molar-refractivity contribution in [1.82, 2.24) is 4.90 Å². The molecule has 0 unspecified atom stereocenters. The van der Waals surface area contributed by atoms with Gasteiger partial charge in [-0.3, -0.25) is 4.99 Å². The molecule has 1 aliphatic rings. The number of hydrogen-bond acceptors (Lipinski definition) is 5. The Bertz CT molecular complexity index is 1240. The SMILES string of the molecule is NS(=O)(=O)c1ccc(CCN=C(Nc2cc(-c3ccccc3)ccc2O)N2CCOCC2)cc1. The van der Waals surface area contributed by atoms with Gasteiger partial charge in [0.05, 0.1) is 23.8 Å². The third-order valence-corrected chi connectivity index (χ3v) is 6.50. The number of nitrogens with zero attached hydrogens (tertiary/aromatic N) is 2. The Morgan fingerprint density at radius 1 is 1.00 bits per heavy atom. The first-order valence-electron chi connectivity index (χ1n) is 11.0. The fourth-order valence-electron chi connectivity index (χ4n) is 3.70. The molecule has 4 N–H and O–H groups in total. The van der Waals surface area contributed by atoms with Gasteiger partial charge in [-0.15, -0.1) is 0 Å². The first-order chi connectivity index (χ1) is 16.4. The Labute approximate surface area is 199 Å². The summed E-state index contributed by atoms with van der Waals surface area (Å²) in [5.74, 6) is 0.796. The number of sulfonamides is 1. The highest BCUT2D eigenvalue weighted by molar-refractivity contribution is 7.89. The molecule has 0 amide bonds. The van der Waals surface area contributed by atoms with E-state index in [9.17, 15) is 13.5 Å². The zero-order valence-electron chi connectivity index (χ0n) is 18.7. The van der Waals surface area contributed by atoms with E-state index in [0.29, 0.717) is 50.9 Å². The summed E-state index contributed by atoms with van der Waals surface area (Å²) in [7, 11) is -3.71. The minimum atomic E-state index is -3.71. The molecule has 1 saturated heterocycles. The number of benzene rings is 3. The maximum Gasteiger partial charge on any atom is 0.238 e. The largest absolute Gasteiger partial charge is 0.506 e. The van der Waals surface area contributed by atoms with Crippen LogP contribution in [0.1, 0.15) is 5.56 Å². The van der Waals surface area contributed by atoms with Crippen molar-refractivity contribution in [3.05, 3.63) is 78.4 Å². The Morgan fingerprint density at radius 2 is 1.71 bits per heavy atom. The van der Waals surface area contributed by atoms with Crippen LogP contribution in [0, 0.1) is 0 Å². The van der Waals surface area contributed by atoms with Crippen molar-refractivity contribution in [1.29, 1.82) is 0 Å². The first kappa shape index (κ1) is 23.7. The van der Waals surface area contributed by atoms with Crippen molar-refractivity contribution < 1.29 is 18.3 Å². The van der Waals surface area contributed by atoms with Crippen LogP contribution >= 0.6 is 0 Å². The lowest BCUT2D eigenvalue weighted by Crippen LogP contribution is -2.44. The average molecular weight is 481 g/mol. The average Bonchev–Trinajstić information content (AvgIpc) is 2.85. The Balaban J connectivity index is 1.53. The second-order valence-electron chi connectivity index (χ2n) is 7.97.